The first-order valence-corrected chi connectivity index (χ1v) is 9.89. The average Bonchev–Trinajstić information content (AvgIpc) is 3.08. The molecule has 0 saturated carbocycles. The maximum absolute atomic E-state index is 13.3. The molecule has 1 aromatic heterocycles. The lowest BCUT2D eigenvalue weighted by atomic mass is 10.2. The SMILES string of the molecule is NC(CN1CCN(Cc2ccc(F)cc2)CC1)c1nc2ccc(F)cc2s1. The minimum Gasteiger partial charge on any atom is -0.321 e. The van der Waals surface area contributed by atoms with Gasteiger partial charge in [0.05, 0.1) is 16.3 Å². The predicted octanol–water partition coefficient (Wildman–Crippen LogP) is 3.39. The maximum atomic E-state index is 13.3. The van der Waals surface area contributed by atoms with E-state index < -0.39 is 0 Å². The highest BCUT2D eigenvalue weighted by Crippen LogP contribution is 2.26. The van der Waals surface area contributed by atoms with E-state index in [1.165, 1.54) is 35.6 Å². The first-order chi connectivity index (χ1) is 13.1. The molecule has 1 unspecified atom stereocenters. The van der Waals surface area contributed by atoms with E-state index in [0.29, 0.717) is 0 Å². The Labute approximate surface area is 161 Å². The molecule has 1 aliphatic rings. The van der Waals surface area contributed by atoms with Gasteiger partial charge in [-0.05, 0) is 35.9 Å². The number of halogens is 2. The van der Waals surface area contributed by atoms with Crippen molar-refractivity contribution in [3.05, 3.63) is 64.7 Å². The van der Waals surface area contributed by atoms with Crippen LogP contribution in [-0.2, 0) is 6.54 Å². The van der Waals surface area contributed by atoms with Crippen molar-refractivity contribution < 1.29 is 8.78 Å². The highest BCUT2D eigenvalue weighted by Gasteiger charge is 2.21. The number of thiazole rings is 1. The molecule has 27 heavy (non-hydrogen) atoms. The summed E-state index contributed by atoms with van der Waals surface area (Å²) < 4.78 is 27.2. The summed E-state index contributed by atoms with van der Waals surface area (Å²) in [5, 5.41) is 0.851. The smallest absolute Gasteiger partial charge is 0.124 e. The molecule has 142 valence electrons. The molecule has 7 heteroatoms. The fraction of sp³-hybridized carbons (Fsp3) is 0.350. The third-order valence-corrected chi connectivity index (χ3v) is 6.07. The number of rotatable bonds is 5. The predicted molar refractivity (Wildman–Crippen MR) is 105 cm³/mol. The van der Waals surface area contributed by atoms with Crippen molar-refractivity contribution in [3.63, 3.8) is 0 Å². The van der Waals surface area contributed by atoms with Crippen LogP contribution in [0.4, 0.5) is 8.78 Å². The van der Waals surface area contributed by atoms with Gasteiger partial charge in [0.2, 0.25) is 0 Å². The van der Waals surface area contributed by atoms with E-state index in [9.17, 15) is 8.78 Å². The van der Waals surface area contributed by atoms with Gasteiger partial charge in [0, 0.05) is 39.3 Å². The number of hydrogen-bond donors (Lipinski definition) is 1. The number of fused-ring (bicyclic) bond motifs is 1. The fourth-order valence-corrected chi connectivity index (χ4v) is 4.39. The molecule has 4 nitrogen and oxygen atoms in total. The molecule has 1 saturated heterocycles. The van der Waals surface area contributed by atoms with Crippen LogP contribution in [0.3, 0.4) is 0 Å². The summed E-state index contributed by atoms with van der Waals surface area (Å²) in [4.78, 5) is 9.27. The van der Waals surface area contributed by atoms with E-state index in [-0.39, 0.29) is 17.7 Å². The van der Waals surface area contributed by atoms with Crippen LogP contribution >= 0.6 is 11.3 Å². The standard InChI is InChI=1S/C20H22F2N4S/c21-15-3-1-14(2-4-15)12-25-7-9-26(10-8-25)13-17(23)20-24-18-6-5-16(22)11-19(18)27-20/h1-6,11,17H,7-10,12-13,23H2. The van der Waals surface area contributed by atoms with Crippen molar-refractivity contribution in [3.8, 4) is 0 Å². The van der Waals surface area contributed by atoms with Gasteiger partial charge >= 0.3 is 0 Å². The van der Waals surface area contributed by atoms with Crippen LogP contribution in [0.2, 0.25) is 0 Å². The van der Waals surface area contributed by atoms with Crippen LogP contribution in [0.5, 0.6) is 0 Å². The monoisotopic (exact) mass is 388 g/mol. The summed E-state index contributed by atoms with van der Waals surface area (Å²) in [6, 6.07) is 11.2. The Balaban J connectivity index is 1.30. The van der Waals surface area contributed by atoms with Gasteiger partial charge in [-0.2, -0.15) is 0 Å². The zero-order valence-electron chi connectivity index (χ0n) is 14.9. The summed E-state index contributed by atoms with van der Waals surface area (Å²) in [5.41, 5.74) is 8.29. The quantitative estimate of drug-likeness (QED) is 0.728. The zero-order chi connectivity index (χ0) is 18.8. The number of nitrogens with two attached hydrogens (primary N) is 1. The molecular weight excluding hydrogens is 366 g/mol. The third-order valence-electron chi connectivity index (χ3n) is 4.92. The Bertz CT molecular complexity index is 904. The number of benzene rings is 2. The average molecular weight is 388 g/mol. The van der Waals surface area contributed by atoms with Crippen molar-refractivity contribution in [2.75, 3.05) is 32.7 Å². The first kappa shape index (κ1) is 18.4. The van der Waals surface area contributed by atoms with E-state index in [4.69, 9.17) is 5.73 Å². The molecule has 2 heterocycles. The van der Waals surface area contributed by atoms with E-state index in [0.717, 1.165) is 60.1 Å². The minimum atomic E-state index is -0.247. The van der Waals surface area contributed by atoms with Crippen LogP contribution in [0.1, 0.15) is 16.6 Å². The second kappa shape index (κ2) is 7.98. The lowest BCUT2D eigenvalue weighted by molar-refractivity contribution is 0.122. The van der Waals surface area contributed by atoms with E-state index in [1.807, 2.05) is 12.1 Å². The third kappa shape index (κ3) is 4.50. The lowest BCUT2D eigenvalue weighted by Gasteiger charge is -2.35. The number of hydrogen-bond acceptors (Lipinski definition) is 5. The first-order valence-electron chi connectivity index (χ1n) is 9.07. The van der Waals surface area contributed by atoms with Crippen LogP contribution in [-0.4, -0.2) is 47.5 Å². The topological polar surface area (TPSA) is 45.4 Å². The summed E-state index contributed by atoms with van der Waals surface area (Å²) in [5.74, 6) is -0.446. The van der Waals surface area contributed by atoms with Crippen molar-refractivity contribution in [2.45, 2.75) is 12.6 Å². The van der Waals surface area contributed by atoms with Crippen molar-refractivity contribution in [1.29, 1.82) is 0 Å². The van der Waals surface area contributed by atoms with Crippen LogP contribution in [0.25, 0.3) is 10.2 Å². The van der Waals surface area contributed by atoms with E-state index in [1.54, 1.807) is 6.07 Å². The Kier molecular flexibility index (Phi) is 5.45. The molecule has 1 aliphatic heterocycles. The molecule has 0 aliphatic carbocycles. The molecule has 0 spiro atoms. The molecule has 0 bridgehead atoms. The van der Waals surface area contributed by atoms with Gasteiger partial charge in [-0.1, -0.05) is 12.1 Å². The van der Waals surface area contributed by atoms with Crippen LogP contribution in [0, 0.1) is 11.6 Å². The Morgan fingerprint density at radius 2 is 1.63 bits per heavy atom. The highest BCUT2D eigenvalue weighted by atomic mass is 32.1. The molecule has 4 rings (SSSR count). The van der Waals surface area contributed by atoms with Crippen molar-refractivity contribution in [2.24, 2.45) is 5.73 Å². The van der Waals surface area contributed by atoms with Crippen molar-refractivity contribution in [1.82, 2.24) is 14.8 Å². The Morgan fingerprint density at radius 3 is 2.37 bits per heavy atom. The number of piperazine rings is 1. The fourth-order valence-electron chi connectivity index (χ4n) is 3.41. The summed E-state index contributed by atoms with van der Waals surface area (Å²) >= 11 is 1.47. The zero-order valence-corrected chi connectivity index (χ0v) is 15.8. The van der Waals surface area contributed by atoms with Gasteiger partial charge in [0.25, 0.3) is 0 Å². The van der Waals surface area contributed by atoms with Gasteiger partial charge < -0.3 is 5.73 Å². The molecule has 1 fully saturated rings. The van der Waals surface area contributed by atoms with E-state index >= 15 is 0 Å². The summed E-state index contributed by atoms with van der Waals surface area (Å²) in [7, 11) is 0. The molecule has 0 radical (unpaired) electrons. The van der Waals surface area contributed by atoms with E-state index in [2.05, 4.69) is 14.8 Å². The van der Waals surface area contributed by atoms with Crippen LogP contribution < -0.4 is 5.73 Å². The normalized spacial score (nSPS) is 17.4. The van der Waals surface area contributed by atoms with Crippen LogP contribution in [0.15, 0.2) is 42.5 Å². The molecule has 3 aromatic rings. The largest absolute Gasteiger partial charge is 0.321 e. The Morgan fingerprint density at radius 1 is 0.963 bits per heavy atom. The van der Waals surface area contributed by atoms with Gasteiger partial charge in [0.1, 0.15) is 16.6 Å². The Hall–Kier alpha value is -1.93. The molecule has 2 N–H and O–H groups in total. The molecule has 1 atom stereocenters. The molecule has 2 aromatic carbocycles. The van der Waals surface area contributed by atoms with Crippen molar-refractivity contribution >= 4 is 21.6 Å². The van der Waals surface area contributed by atoms with Gasteiger partial charge in [-0.3, -0.25) is 9.80 Å². The van der Waals surface area contributed by atoms with Gasteiger partial charge in [-0.15, -0.1) is 11.3 Å². The summed E-state index contributed by atoms with van der Waals surface area (Å²) in [6.07, 6.45) is 0. The molecule has 0 amide bonds. The second-order valence-corrected chi connectivity index (χ2v) is 8.04. The number of aromatic nitrogens is 1. The number of nitrogens with zero attached hydrogens (tertiary/aromatic N) is 3. The van der Waals surface area contributed by atoms with Gasteiger partial charge in [-0.25, -0.2) is 13.8 Å². The maximum Gasteiger partial charge on any atom is 0.124 e. The summed E-state index contributed by atoms with van der Waals surface area (Å²) in [6.45, 7) is 5.36. The minimum absolute atomic E-state index is 0.172. The van der Waals surface area contributed by atoms with Gasteiger partial charge in [0.15, 0.2) is 0 Å². The second-order valence-electron chi connectivity index (χ2n) is 6.97. The lowest BCUT2D eigenvalue weighted by Crippen LogP contribution is -2.47. The molecular formula is C20H22F2N4S. The highest BCUT2D eigenvalue weighted by molar-refractivity contribution is 7.18.